The minimum absolute atomic E-state index is 0.0498. The lowest BCUT2D eigenvalue weighted by Gasteiger charge is -2.45. The molecule has 3 heterocycles. The normalized spacial score (nSPS) is 42.8. The predicted octanol–water partition coefficient (Wildman–Crippen LogP) is 1.85. The Kier molecular flexibility index (Phi) is 2.12. The second kappa shape index (κ2) is 2.96. The molecule has 0 aromatic carbocycles. The minimum atomic E-state index is 0.0498. The summed E-state index contributed by atoms with van der Waals surface area (Å²) in [7, 11) is 0. The van der Waals surface area contributed by atoms with Gasteiger partial charge in [-0.2, -0.15) is 0 Å². The monoisotopic (exact) mass is 174 g/mol. The number of hydrogen-bond acceptors (Lipinski definition) is 3. The molecule has 2 bridgehead atoms. The van der Waals surface area contributed by atoms with Crippen LogP contribution in [0.3, 0.4) is 0 Å². The van der Waals surface area contributed by atoms with Crippen molar-refractivity contribution in [3.05, 3.63) is 0 Å². The average molecular weight is 174 g/mol. The SMILES string of the molecule is CCCC12COC(OC1)SC2. The maximum absolute atomic E-state index is 5.47. The van der Waals surface area contributed by atoms with Crippen molar-refractivity contribution < 1.29 is 9.47 Å². The fourth-order valence-corrected chi connectivity index (χ4v) is 2.88. The highest BCUT2D eigenvalue weighted by molar-refractivity contribution is 7.99. The van der Waals surface area contributed by atoms with E-state index in [1.165, 1.54) is 18.6 Å². The van der Waals surface area contributed by atoms with Crippen LogP contribution in [0.1, 0.15) is 19.8 Å². The van der Waals surface area contributed by atoms with E-state index in [-0.39, 0.29) is 5.62 Å². The number of rotatable bonds is 2. The van der Waals surface area contributed by atoms with Gasteiger partial charge in [0.15, 0.2) is 0 Å². The van der Waals surface area contributed by atoms with Crippen molar-refractivity contribution in [3.63, 3.8) is 0 Å². The Bertz CT molecular complexity index is 121. The lowest BCUT2D eigenvalue weighted by atomic mass is 9.87. The Hall–Kier alpha value is 0.270. The third-order valence-corrected chi connectivity index (χ3v) is 3.68. The second-order valence-corrected chi connectivity index (χ2v) is 4.48. The first kappa shape index (κ1) is 7.90. The van der Waals surface area contributed by atoms with Crippen LogP contribution in [0.25, 0.3) is 0 Å². The summed E-state index contributed by atoms with van der Waals surface area (Å²) in [6.45, 7) is 4.05. The van der Waals surface area contributed by atoms with Crippen molar-refractivity contribution in [2.24, 2.45) is 5.41 Å². The average Bonchev–Trinajstić information content (AvgIpc) is 2.07. The van der Waals surface area contributed by atoms with Crippen LogP contribution in [0.2, 0.25) is 0 Å². The smallest absolute Gasteiger partial charge is 0.206 e. The zero-order valence-corrected chi connectivity index (χ0v) is 7.65. The van der Waals surface area contributed by atoms with E-state index in [0.717, 1.165) is 13.2 Å². The van der Waals surface area contributed by atoms with E-state index in [2.05, 4.69) is 6.92 Å². The molecule has 0 N–H and O–H groups in total. The van der Waals surface area contributed by atoms with Crippen molar-refractivity contribution in [2.45, 2.75) is 25.4 Å². The summed E-state index contributed by atoms with van der Waals surface area (Å²) < 4.78 is 10.9. The molecular weight excluding hydrogens is 160 g/mol. The zero-order valence-electron chi connectivity index (χ0n) is 6.84. The molecule has 0 radical (unpaired) electrons. The Balaban J connectivity index is 2.00. The molecule has 3 heteroatoms. The van der Waals surface area contributed by atoms with E-state index >= 15 is 0 Å². The second-order valence-electron chi connectivity index (χ2n) is 3.47. The molecular formula is C8H14O2S. The summed E-state index contributed by atoms with van der Waals surface area (Å²) >= 11 is 1.81. The number of hydrogen-bond donors (Lipinski definition) is 0. The van der Waals surface area contributed by atoms with Crippen molar-refractivity contribution >= 4 is 11.8 Å². The van der Waals surface area contributed by atoms with Gasteiger partial charge in [-0.05, 0) is 6.42 Å². The van der Waals surface area contributed by atoms with Gasteiger partial charge in [-0.25, -0.2) is 0 Å². The fraction of sp³-hybridized carbons (Fsp3) is 1.00. The van der Waals surface area contributed by atoms with E-state index < -0.39 is 0 Å². The van der Waals surface area contributed by atoms with E-state index in [9.17, 15) is 0 Å². The lowest BCUT2D eigenvalue weighted by Crippen LogP contribution is -2.47. The van der Waals surface area contributed by atoms with Gasteiger partial charge < -0.3 is 9.47 Å². The Morgan fingerprint density at radius 3 is 2.64 bits per heavy atom. The number of ether oxygens (including phenoxy) is 2. The van der Waals surface area contributed by atoms with Crippen LogP contribution in [0, 0.1) is 5.41 Å². The van der Waals surface area contributed by atoms with E-state index in [0.29, 0.717) is 5.41 Å². The molecule has 0 amide bonds. The summed E-state index contributed by atoms with van der Waals surface area (Å²) in [6, 6.07) is 0. The molecule has 11 heavy (non-hydrogen) atoms. The van der Waals surface area contributed by atoms with Gasteiger partial charge in [0.05, 0.1) is 13.2 Å². The van der Waals surface area contributed by atoms with Gasteiger partial charge >= 0.3 is 0 Å². The molecule has 3 fully saturated rings. The molecule has 3 rings (SSSR count). The maximum Gasteiger partial charge on any atom is 0.206 e. The van der Waals surface area contributed by atoms with Crippen LogP contribution < -0.4 is 0 Å². The van der Waals surface area contributed by atoms with Crippen molar-refractivity contribution in [1.29, 1.82) is 0 Å². The van der Waals surface area contributed by atoms with E-state index in [1.54, 1.807) is 0 Å². The summed E-state index contributed by atoms with van der Waals surface area (Å²) in [6.07, 6.45) is 2.48. The summed E-state index contributed by atoms with van der Waals surface area (Å²) in [5.41, 5.74) is 0.405. The summed E-state index contributed by atoms with van der Waals surface area (Å²) in [5.74, 6) is 1.23. The van der Waals surface area contributed by atoms with Gasteiger partial charge in [0, 0.05) is 11.2 Å². The Morgan fingerprint density at radius 1 is 1.45 bits per heavy atom. The molecule has 3 saturated heterocycles. The lowest BCUT2D eigenvalue weighted by molar-refractivity contribution is -0.191. The van der Waals surface area contributed by atoms with Gasteiger partial charge in [0.1, 0.15) is 0 Å². The molecule has 0 unspecified atom stereocenters. The van der Waals surface area contributed by atoms with Crippen molar-refractivity contribution in [2.75, 3.05) is 19.0 Å². The Labute approximate surface area is 71.6 Å². The third-order valence-electron chi connectivity index (χ3n) is 2.36. The summed E-state index contributed by atoms with van der Waals surface area (Å²) in [4.78, 5) is 0. The molecule has 0 aromatic heterocycles. The maximum atomic E-state index is 5.47. The molecule has 3 aliphatic heterocycles. The van der Waals surface area contributed by atoms with E-state index in [4.69, 9.17) is 9.47 Å². The van der Waals surface area contributed by atoms with Crippen molar-refractivity contribution in [3.8, 4) is 0 Å². The first-order valence-electron chi connectivity index (χ1n) is 4.19. The molecule has 0 saturated carbocycles. The van der Waals surface area contributed by atoms with Crippen LogP contribution in [-0.4, -0.2) is 24.6 Å². The highest BCUT2D eigenvalue weighted by Crippen LogP contribution is 2.42. The first-order chi connectivity index (χ1) is 5.35. The first-order valence-corrected chi connectivity index (χ1v) is 5.24. The quantitative estimate of drug-likeness (QED) is 0.636. The van der Waals surface area contributed by atoms with Gasteiger partial charge in [0.25, 0.3) is 0 Å². The van der Waals surface area contributed by atoms with Crippen LogP contribution in [0.5, 0.6) is 0 Å². The van der Waals surface area contributed by atoms with Gasteiger partial charge in [-0.3, -0.25) is 0 Å². The molecule has 0 aromatic rings. The number of fused-ring (bicyclic) bond motifs is 3. The zero-order chi connectivity index (χ0) is 7.73. The molecule has 0 atom stereocenters. The molecule has 0 spiro atoms. The van der Waals surface area contributed by atoms with Crippen LogP contribution >= 0.6 is 11.8 Å². The highest BCUT2D eigenvalue weighted by Gasteiger charge is 2.42. The molecule has 64 valence electrons. The van der Waals surface area contributed by atoms with Gasteiger partial charge in [-0.15, -0.1) is 11.8 Å². The van der Waals surface area contributed by atoms with Gasteiger partial charge in [-0.1, -0.05) is 13.3 Å². The van der Waals surface area contributed by atoms with Gasteiger partial charge in [0.2, 0.25) is 5.62 Å². The molecule has 2 nitrogen and oxygen atoms in total. The standard InChI is InChI=1S/C8H14O2S/c1-2-3-8-4-9-7(10-5-8)11-6-8/h7H,2-6H2,1H3. The largest absolute Gasteiger partial charge is 0.343 e. The summed E-state index contributed by atoms with van der Waals surface area (Å²) in [5, 5.41) is 0. The molecule has 3 aliphatic rings. The van der Waals surface area contributed by atoms with Crippen LogP contribution in [-0.2, 0) is 9.47 Å². The minimum Gasteiger partial charge on any atom is -0.343 e. The topological polar surface area (TPSA) is 18.5 Å². The van der Waals surface area contributed by atoms with Crippen LogP contribution in [0.15, 0.2) is 0 Å². The van der Waals surface area contributed by atoms with Crippen molar-refractivity contribution in [1.82, 2.24) is 0 Å². The third kappa shape index (κ3) is 1.42. The highest BCUT2D eigenvalue weighted by atomic mass is 32.2. The number of thioether (sulfide) groups is 1. The van der Waals surface area contributed by atoms with Crippen LogP contribution in [0.4, 0.5) is 0 Å². The molecule has 0 aliphatic carbocycles. The fourth-order valence-electron chi connectivity index (χ4n) is 1.75. The van der Waals surface area contributed by atoms with E-state index in [1.807, 2.05) is 11.8 Å². The predicted molar refractivity (Wildman–Crippen MR) is 45.5 cm³/mol. The Morgan fingerprint density at radius 2 is 2.18 bits per heavy atom.